The molecular formula is C16H24N4O3. The smallest absolute Gasteiger partial charge is 0.410 e. The van der Waals surface area contributed by atoms with Gasteiger partial charge in [-0.2, -0.15) is 0 Å². The van der Waals surface area contributed by atoms with Crippen LogP contribution in [0.25, 0.3) is 0 Å². The lowest BCUT2D eigenvalue weighted by molar-refractivity contribution is 0.00218. The van der Waals surface area contributed by atoms with Crippen molar-refractivity contribution in [3.8, 4) is 0 Å². The molecule has 23 heavy (non-hydrogen) atoms. The van der Waals surface area contributed by atoms with Crippen LogP contribution in [-0.2, 0) is 4.74 Å². The Bertz CT molecular complexity index is 556. The predicted octanol–water partition coefficient (Wildman–Crippen LogP) is 1.60. The molecule has 0 unspecified atom stereocenters. The predicted molar refractivity (Wildman–Crippen MR) is 85.2 cm³/mol. The second-order valence-electron chi connectivity index (χ2n) is 6.77. The zero-order valence-corrected chi connectivity index (χ0v) is 14.2. The van der Waals surface area contributed by atoms with Crippen LogP contribution in [0.1, 0.15) is 38.2 Å². The van der Waals surface area contributed by atoms with Crippen LogP contribution in [0.5, 0.6) is 0 Å². The highest BCUT2D eigenvalue weighted by atomic mass is 16.6. The van der Waals surface area contributed by atoms with Gasteiger partial charge in [-0.3, -0.25) is 14.7 Å². The minimum atomic E-state index is -0.504. The molecule has 126 valence electrons. The number of hydrogen-bond donors (Lipinski definition) is 0. The first-order valence-corrected chi connectivity index (χ1v) is 7.77. The maximum atomic E-state index is 12.2. The summed E-state index contributed by atoms with van der Waals surface area (Å²) in [5.74, 6) is -0.0592. The highest BCUT2D eigenvalue weighted by Gasteiger charge is 2.31. The lowest BCUT2D eigenvalue weighted by Gasteiger charge is -2.39. The van der Waals surface area contributed by atoms with Gasteiger partial charge in [-0.25, -0.2) is 9.78 Å². The number of ether oxygens (including phenoxy) is 1. The molecule has 0 N–H and O–H groups in total. The van der Waals surface area contributed by atoms with E-state index in [1.165, 1.54) is 12.4 Å². The number of carbonyl (C=O) groups is 2. The lowest BCUT2D eigenvalue weighted by atomic mass is 10.1. The number of rotatable bonds is 3. The number of amides is 1. The fourth-order valence-corrected chi connectivity index (χ4v) is 2.50. The van der Waals surface area contributed by atoms with E-state index in [1.54, 1.807) is 11.1 Å². The van der Waals surface area contributed by atoms with Crippen molar-refractivity contribution >= 4 is 11.9 Å². The average Bonchev–Trinajstić information content (AvgIpc) is 2.46. The molecule has 1 aromatic heterocycles. The van der Waals surface area contributed by atoms with E-state index in [0.717, 1.165) is 0 Å². The number of piperazine rings is 1. The molecule has 2 rings (SSSR count). The third-order valence-electron chi connectivity index (χ3n) is 3.56. The van der Waals surface area contributed by atoms with Crippen LogP contribution < -0.4 is 0 Å². The van der Waals surface area contributed by atoms with Gasteiger partial charge in [-0.05, 0) is 27.7 Å². The first kappa shape index (κ1) is 17.3. The Morgan fingerprint density at radius 2 is 2.04 bits per heavy atom. The summed E-state index contributed by atoms with van der Waals surface area (Å²) in [4.78, 5) is 36.0. The summed E-state index contributed by atoms with van der Waals surface area (Å²) < 4.78 is 5.42. The zero-order valence-electron chi connectivity index (χ0n) is 14.2. The number of carbonyl (C=O) groups excluding carboxylic acids is 2. The Balaban J connectivity index is 1.89. The number of Topliss-reactive ketones (excluding diaryl/α,β-unsaturated/α-hetero) is 1. The van der Waals surface area contributed by atoms with Crippen molar-refractivity contribution in [3.05, 3.63) is 24.3 Å². The molecule has 2 heterocycles. The Morgan fingerprint density at radius 1 is 1.30 bits per heavy atom. The molecule has 0 spiro atoms. The monoisotopic (exact) mass is 320 g/mol. The highest BCUT2D eigenvalue weighted by molar-refractivity contribution is 5.95. The third-order valence-corrected chi connectivity index (χ3v) is 3.56. The van der Waals surface area contributed by atoms with Crippen LogP contribution in [0, 0.1) is 0 Å². The summed E-state index contributed by atoms with van der Waals surface area (Å²) in [5, 5.41) is 0. The molecule has 0 radical (unpaired) electrons. The van der Waals surface area contributed by atoms with Gasteiger partial charge in [0.05, 0.1) is 12.7 Å². The first-order chi connectivity index (χ1) is 10.8. The van der Waals surface area contributed by atoms with E-state index < -0.39 is 5.60 Å². The molecule has 0 saturated carbocycles. The average molecular weight is 320 g/mol. The lowest BCUT2D eigenvalue weighted by Crippen LogP contribution is -2.55. The second-order valence-corrected chi connectivity index (χ2v) is 6.77. The van der Waals surface area contributed by atoms with Crippen LogP contribution in [0.3, 0.4) is 0 Å². The van der Waals surface area contributed by atoms with Gasteiger partial charge in [0.15, 0.2) is 5.78 Å². The van der Waals surface area contributed by atoms with Crippen molar-refractivity contribution in [1.29, 1.82) is 0 Å². The van der Waals surface area contributed by atoms with E-state index >= 15 is 0 Å². The summed E-state index contributed by atoms with van der Waals surface area (Å²) in [6.07, 6.45) is 4.22. The van der Waals surface area contributed by atoms with Gasteiger partial charge in [0.1, 0.15) is 11.3 Å². The van der Waals surface area contributed by atoms with Gasteiger partial charge in [0.25, 0.3) is 0 Å². The Labute approximate surface area is 136 Å². The second kappa shape index (κ2) is 7.04. The summed E-state index contributed by atoms with van der Waals surface area (Å²) in [5.41, 5.74) is -0.134. The number of hydrogen-bond acceptors (Lipinski definition) is 6. The van der Waals surface area contributed by atoms with E-state index in [1.807, 2.05) is 32.6 Å². The highest BCUT2D eigenvalue weighted by Crippen LogP contribution is 2.15. The largest absolute Gasteiger partial charge is 0.444 e. The molecule has 1 saturated heterocycles. The van der Waals surface area contributed by atoms with Crippen molar-refractivity contribution in [2.24, 2.45) is 0 Å². The van der Waals surface area contributed by atoms with Crippen LogP contribution in [0.4, 0.5) is 4.79 Å². The maximum Gasteiger partial charge on any atom is 0.410 e. The molecule has 7 nitrogen and oxygen atoms in total. The van der Waals surface area contributed by atoms with Crippen molar-refractivity contribution in [2.75, 3.05) is 26.2 Å². The minimum absolute atomic E-state index is 0.00624. The molecule has 1 aromatic rings. The maximum absolute atomic E-state index is 12.2. The van der Waals surface area contributed by atoms with Gasteiger partial charge in [0.2, 0.25) is 0 Å². The van der Waals surface area contributed by atoms with Crippen LogP contribution in [-0.4, -0.2) is 69.5 Å². The number of nitrogens with zero attached hydrogens (tertiary/aromatic N) is 4. The van der Waals surface area contributed by atoms with Crippen LogP contribution >= 0.6 is 0 Å². The van der Waals surface area contributed by atoms with Crippen LogP contribution in [0.15, 0.2) is 18.6 Å². The molecule has 0 aliphatic carbocycles. The van der Waals surface area contributed by atoms with Crippen LogP contribution in [0.2, 0.25) is 0 Å². The normalized spacial score (nSPS) is 19.5. The summed E-state index contributed by atoms with van der Waals surface area (Å²) in [6.45, 7) is 9.61. The SMILES string of the molecule is C[C@@H]1CN(CC(=O)c2cnccn2)CCN1C(=O)OC(C)(C)C. The van der Waals surface area contributed by atoms with Gasteiger partial charge < -0.3 is 9.64 Å². The number of aromatic nitrogens is 2. The molecule has 0 bridgehead atoms. The standard InChI is InChI=1S/C16H24N4O3/c1-12-10-19(11-14(21)13-9-17-5-6-18-13)7-8-20(12)15(22)23-16(2,3)4/h5-6,9,12H,7-8,10-11H2,1-4H3/t12-/m1/s1. The number of ketones is 1. The van der Waals surface area contributed by atoms with Crippen molar-refractivity contribution in [1.82, 2.24) is 19.8 Å². The van der Waals surface area contributed by atoms with Crippen molar-refractivity contribution in [2.45, 2.75) is 39.3 Å². The Hall–Kier alpha value is -2.02. The fourth-order valence-electron chi connectivity index (χ4n) is 2.50. The molecule has 1 fully saturated rings. The van der Waals surface area contributed by atoms with Crippen molar-refractivity contribution < 1.29 is 14.3 Å². The van der Waals surface area contributed by atoms with E-state index in [4.69, 9.17) is 4.74 Å². The summed E-state index contributed by atoms with van der Waals surface area (Å²) in [6, 6.07) is -0.00624. The molecular weight excluding hydrogens is 296 g/mol. The first-order valence-electron chi connectivity index (χ1n) is 7.77. The molecule has 1 amide bonds. The van der Waals surface area contributed by atoms with E-state index in [2.05, 4.69) is 9.97 Å². The topological polar surface area (TPSA) is 75.6 Å². The zero-order chi connectivity index (χ0) is 17.0. The van der Waals surface area contributed by atoms with Gasteiger partial charge >= 0.3 is 6.09 Å². The molecule has 7 heteroatoms. The van der Waals surface area contributed by atoms with Gasteiger partial charge in [-0.1, -0.05) is 0 Å². The molecule has 1 atom stereocenters. The Kier molecular flexibility index (Phi) is 5.30. The van der Waals surface area contributed by atoms with E-state index in [0.29, 0.717) is 25.3 Å². The minimum Gasteiger partial charge on any atom is -0.444 e. The Morgan fingerprint density at radius 3 is 2.61 bits per heavy atom. The van der Waals surface area contributed by atoms with E-state index in [-0.39, 0.29) is 24.5 Å². The quantitative estimate of drug-likeness (QED) is 0.788. The summed E-state index contributed by atoms with van der Waals surface area (Å²) >= 11 is 0. The molecule has 1 aliphatic heterocycles. The fraction of sp³-hybridized carbons (Fsp3) is 0.625. The van der Waals surface area contributed by atoms with Crippen molar-refractivity contribution in [3.63, 3.8) is 0 Å². The molecule has 0 aromatic carbocycles. The third kappa shape index (κ3) is 4.99. The van der Waals surface area contributed by atoms with Gasteiger partial charge in [-0.15, -0.1) is 0 Å². The van der Waals surface area contributed by atoms with Gasteiger partial charge in [0, 0.05) is 38.1 Å². The van der Waals surface area contributed by atoms with E-state index in [9.17, 15) is 9.59 Å². The summed E-state index contributed by atoms with van der Waals surface area (Å²) in [7, 11) is 0. The molecule has 1 aliphatic rings.